The molecule has 0 radical (unpaired) electrons. The van der Waals surface area contributed by atoms with Crippen molar-refractivity contribution in [3.8, 4) is 17.6 Å². The van der Waals surface area contributed by atoms with Crippen molar-refractivity contribution < 1.29 is 19.1 Å². The third-order valence-corrected chi connectivity index (χ3v) is 4.66. The fraction of sp³-hybridized carbons (Fsp3) is 0.0800. The van der Waals surface area contributed by atoms with Crippen LogP contribution in [-0.4, -0.2) is 25.5 Å². The maximum Gasteiger partial charge on any atom is 0.266 e. The standard InChI is InChI=1S/C25H20ClN3O4/c1-32-23-5-3-2-4-22(23)29-24(30)16-33-21-12-6-17(7-13-21)14-18(15-27)25(31)28-20-10-8-19(26)9-11-20/h2-14H,16H2,1H3,(H,28,31)(H,29,30)/b18-14+. The first-order valence-electron chi connectivity index (χ1n) is 9.83. The summed E-state index contributed by atoms with van der Waals surface area (Å²) in [4.78, 5) is 24.5. The lowest BCUT2D eigenvalue weighted by Gasteiger charge is -2.10. The van der Waals surface area contributed by atoms with Crippen LogP contribution < -0.4 is 20.1 Å². The molecular weight excluding hydrogens is 442 g/mol. The van der Waals surface area contributed by atoms with E-state index in [1.807, 2.05) is 6.07 Å². The van der Waals surface area contributed by atoms with Gasteiger partial charge in [0.15, 0.2) is 6.61 Å². The van der Waals surface area contributed by atoms with Crippen molar-refractivity contribution in [3.63, 3.8) is 0 Å². The smallest absolute Gasteiger partial charge is 0.266 e. The van der Waals surface area contributed by atoms with Crippen LogP contribution in [0.15, 0.2) is 78.4 Å². The number of halogens is 1. The number of nitrogens with one attached hydrogen (secondary N) is 2. The normalized spacial score (nSPS) is 10.6. The second-order valence-corrected chi connectivity index (χ2v) is 7.17. The molecule has 8 heteroatoms. The van der Waals surface area contributed by atoms with Crippen molar-refractivity contribution >= 4 is 40.9 Å². The van der Waals surface area contributed by atoms with Crippen LogP contribution in [0.2, 0.25) is 5.02 Å². The molecule has 3 aromatic rings. The van der Waals surface area contributed by atoms with Gasteiger partial charge in [0.2, 0.25) is 0 Å². The predicted molar refractivity (Wildman–Crippen MR) is 127 cm³/mol. The number of ether oxygens (including phenoxy) is 2. The first-order valence-corrected chi connectivity index (χ1v) is 10.2. The second kappa shape index (κ2) is 11.4. The highest BCUT2D eigenvalue weighted by Crippen LogP contribution is 2.23. The van der Waals surface area contributed by atoms with Crippen LogP contribution in [0.4, 0.5) is 11.4 Å². The summed E-state index contributed by atoms with van der Waals surface area (Å²) < 4.78 is 10.7. The number of nitrogens with zero attached hydrogens (tertiary/aromatic N) is 1. The number of hydrogen-bond donors (Lipinski definition) is 2. The highest BCUT2D eigenvalue weighted by Gasteiger charge is 2.10. The van der Waals surface area contributed by atoms with Gasteiger partial charge in [-0.1, -0.05) is 35.9 Å². The molecule has 0 spiro atoms. The topological polar surface area (TPSA) is 100 Å². The van der Waals surface area contributed by atoms with Gasteiger partial charge in [-0.15, -0.1) is 0 Å². The number of benzene rings is 3. The van der Waals surface area contributed by atoms with Crippen LogP contribution in [0, 0.1) is 11.3 Å². The van der Waals surface area contributed by atoms with E-state index in [1.54, 1.807) is 72.8 Å². The summed E-state index contributed by atoms with van der Waals surface area (Å²) in [6.45, 7) is -0.194. The van der Waals surface area contributed by atoms with E-state index in [1.165, 1.54) is 13.2 Å². The monoisotopic (exact) mass is 461 g/mol. The van der Waals surface area contributed by atoms with Crippen molar-refractivity contribution in [2.75, 3.05) is 24.4 Å². The predicted octanol–water partition coefficient (Wildman–Crippen LogP) is 4.91. The number of rotatable bonds is 8. The number of amides is 2. The number of anilines is 2. The van der Waals surface area contributed by atoms with Crippen molar-refractivity contribution in [2.45, 2.75) is 0 Å². The molecule has 0 fully saturated rings. The van der Waals surface area contributed by atoms with E-state index in [-0.39, 0.29) is 18.1 Å². The van der Waals surface area contributed by atoms with Crippen LogP contribution in [0.3, 0.4) is 0 Å². The fourth-order valence-corrected chi connectivity index (χ4v) is 2.92. The first-order chi connectivity index (χ1) is 16.0. The Bertz CT molecular complexity index is 1200. The Balaban J connectivity index is 1.57. The van der Waals surface area contributed by atoms with Crippen LogP contribution in [-0.2, 0) is 9.59 Å². The molecule has 0 bridgehead atoms. The quantitative estimate of drug-likeness (QED) is 0.366. The molecule has 0 aromatic heterocycles. The molecular formula is C25H20ClN3O4. The largest absolute Gasteiger partial charge is 0.495 e. The van der Waals surface area contributed by atoms with Crippen LogP contribution >= 0.6 is 11.6 Å². The molecule has 0 atom stereocenters. The average molecular weight is 462 g/mol. The number of carbonyl (C=O) groups excluding carboxylic acids is 2. The van der Waals surface area contributed by atoms with Crippen LogP contribution in [0.5, 0.6) is 11.5 Å². The summed E-state index contributed by atoms with van der Waals surface area (Å²) in [6, 6.07) is 22.2. The van der Waals surface area contributed by atoms with Crippen LogP contribution in [0.1, 0.15) is 5.56 Å². The van der Waals surface area contributed by atoms with E-state index in [9.17, 15) is 14.9 Å². The lowest BCUT2D eigenvalue weighted by Crippen LogP contribution is -2.20. The molecule has 2 N–H and O–H groups in total. The second-order valence-electron chi connectivity index (χ2n) is 6.74. The molecule has 2 amide bonds. The van der Waals surface area contributed by atoms with Gasteiger partial charge in [-0.2, -0.15) is 5.26 Å². The van der Waals surface area contributed by atoms with Crippen molar-refractivity contribution in [3.05, 3.63) is 89.0 Å². The van der Waals surface area contributed by atoms with Gasteiger partial charge in [0, 0.05) is 10.7 Å². The molecule has 0 saturated carbocycles. The Morgan fingerprint density at radius 3 is 2.36 bits per heavy atom. The summed E-state index contributed by atoms with van der Waals surface area (Å²) >= 11 is 5.83. The fourth-order valence-electron chi connectivity index (χ4n) is 2.79. The maximum atomic E-state index is 12.4. The molecule has 3 rings (SSSR count). The zero-order valence-electron chi connectivity index (χ0n) is 17.7. The lowest BCUT2D eigenvalue weighted by atomic mass is 10.1. The number of hydrogen-bond acceptors (Lipinski definition) is 5. The summed E-state index contributed by atoms with van der Waals surface area (Å²) in [5.74, 6) is 0.143. The van der Waals surface area contributed by atoms with Gasteiger partial charge < -0.3 is 20.1 Å². The van der Waals surface area contributed by atoms with Crippen molar-refractivity contribution in [2.24, 2.45) is 0 Å². The third kappa shape index (κ3) is 6.86. The zero-order chi connectivity index (χ0) is 23.6. The summed E-state index contributed by atoms with van der Waals surface area (Å²) in [5, 5.41) is 15.3. The first kappa shape index (κ1) is 23.4. The Hall–Kier alpha value is -4.28. The van der Waals surface area contributed by atoms with E-state index >= 15 is 0 Å². The van der Waals surface area contributed by atoms with Gasteiger partial charge in [0.1, 0.15) is 23.1 Å². The SMILES string of the molecule is COc1ccccc1NC(=O)COc1ccc(/C=C(\C#N)C(=O)Nc2ccc(Cl)cc2)cc1. The van der Waals surface area contributed by atoms with Gasteiger partial charge in [0.05, 0.1) is 12.8 Å². The molecule has 0 aliphatic heterocycles. The molecule has 0 unspecified atom stereocenters. The minimum absolute atomic E-state index is 0.0604. The molecule has 33 heavy (non-hydrogen) atoms. The summed E-state index contributed by atoms with van der Waals surface area (Å²) in [5.41, 5.74) is 1.65. The van der Waals surface area contributed by atoms with Crippen molar-refractivity contribution in [1.82, 2.24) is 0 Å². The minimum Gasteiger partial charge on any atom is -0.495 e. The highest BCUT2D eigenvalue weighted by molar-refractivity contribution is 6.30. The minimum atomic E-state index is -0.534. The molecule has 7 nitrogen and oxygen atoms in total. The molecule has 0 saturated heterocycles. The maximum absolute atomic E-state index is 12.4. The Morgan fingerprint density at radius 1 is 1.00 bits per heavy atom. The number of nitriles is 1. The molecule has 0 heterocycles. The van der Waals surface area contributed by atoms with Crippen LogP contribution in [0.25, 0.3) is 6.08 Å². The van der Waals surface area contributed by atoms with Gasteiger partial charge >= 0.3 is 0 Å². The molecule has 0 aliphatic rings. The number of para-hydroxylation sites is 2. The molecule has 0 aliphatic carbocycles. The Kier molecular flexibility index (Phi) is 8.06. The zero-order valence-corrected chi connectivity index (χ0v) is 18.4. The average Bonchev–Trinajstić information content (AvgIpc) is 2.83. The summed E-state index contributed by atoms with van der Waals surface area (Å²) in [6.07, 6.45) is 1.46. The van der Waals surface area contributed by atoms with E-state index < -0.39 is 5.91 Å². The lowest BCUT2D eigenvalue weighted by molar-refractivity contribution is -0.118. The Labute approximate surface area is 196 Å². The van der Waals surface area contributed by atoms with E-state index in [2.05, 4.69) is 10.6 Å². The van der Waals surface area contributed by atoms with E-state index in [4.69, 9.17) is 21.1 Å². The van der Waals surface area contributed by atoms with E-state index in [0.29, 0.717) is 33.5 Å². The number of carbonyl (C=O) groups is 2. The molecule has 3 aromatic carbocycles. The highest BCUT2D eigenvalue weighted by atomic mass is 35.5. The van der Waals surface area contributed by atoms with E-state index in [0.717, 1.165) is 0 Å². The van der Waals surface area contributed by atoms with Gasteiger partial charge in [-0.25, -0.2) is 0 Å². The molecule has 166 valence electrons. The number of methoxy groups -OCH3 is 1. The van der Waals surface area contributed by atoms with Gasteiger partial charge in [-0.3, -0.25) is 9.59 Å². The van der Waals surface area contributed by atoms with Crippen molar-refractivity contribution in [1.29, 1.82) is 5.26 Å². The Morgan fingerprint density at radius 2 is 1.70 bits per heavy atom. The third-order valence-electron chi connectivity index (χ3n) is 4.41. The summed E-state index contributed by atoms with van der Waals surface area (Å²) in [7, 11) is 1.52. The van der Waals surface area contributed by atoms with Gasteiger partial charge in [-0.05, 0) is 60.2 Å². The van der Waals surface area contributed by atoms with Gasteiger partial charge in [0.25, 0.3) is 11.8 Å².